The molecule has 1 aromatic carbocycles. The molecule has 0 saturated heterocycles. The number of benzene rings is 1. The van der Waals surface area contributed by atoms with Gasteiger partial charge >= 0.3 is 0 Å². The summed E-state index contributed by atoms with van der Waals surface area (Å²) in [6, 6.07) is 6.58. The van der Waals surface area contributed by atoms with Crippen molar-refractivity contribution in [2.75, 3.05) is 13.1 Å². The molecule has 0 unspecified atom stereocenters. The fourth-order valence-corrected chi connectivity index (χ4v) is 3.23. The van der Waals surface area contributed by atoms with Crippen molar-refractivity contribution in [1.82, 2.24) is 4.90 Å². The molecule has 0 bridgehead atoms. The van der Waals surface area contributed by atoms with E-state index in [1.807, 2.05) is 12.1 Å². The zero-order valence-corrected chi connectivity index (χ0v) is 11.1. The molecule has 0 spiro atoms. The number of aromatic hydroxyl groups is 1. The van der Waals surface area contributed by atoms with Crippen molar-refractivity contribution < 1.29 is 5.11 Å². The minimum atomic E-state index is 0.479. The van der Waals surface area contributed by atoms with Crippen LogP contribution < -0.4 is 0 Å². The smallest absolute Gasteiger partial charge is 0.119 e. The summed E-state index contributed by atoms with van der Waals surface area (Å²) in [6.45, 7) is 8.97. The molecular weight excluding hydrogens is 210 g/mol. The van der Waals surface area contributed by atoms with Gasteiger partial charge < -0.3 is 10.0 Å². The largest absolute Gasteiger partial charge is 0.508 e. The van der Waals surface area contributed by atoms with Gasteiger partial charge in [-0.2, -0.15) is 0 Å². The van der Waals surface area contributed by atoms with Gasteiger partial charge in [-0.05, 0) is 49.0 Å². The maximum absolute atomic E-state index is 9.90. The molecule has 0 aliphatic heterocycles. The molecule has 0 amide bonds. The minimum Gasteiger partial charge on any atom is -0.508 e. The van der Waals surface area contributed by atoms with Crippen LogP contribution in [0.1, 0.15) is 44.2 Å². The third kappa shape index (κ3) is 2.19. The summed E-state index contributed by atoms with van der Waals surface area (Å²) in [5.41, 5.74) is 2.51. The summed E-state index contributed by atoms with van der Waals surface area (Å²) in [6.07, 6.45) is 2.17. The molecule has 1 aliphatic rings. The van der Waals surface area contributed by atoms with Crippen LogP contribution in [0.3, 0.4) is 0 Å². The highest BCUT2D eigenvalue weighted by Crippen LogP contribution is 2.37. The highest BCUT2D eigenvalue weighted by atomic mass is 16.3. The van der Waals surface area contributed by atoms with Crippen LogP contribution in [0.15, 0.2) is 18.2 Å². The number of phenols is 1. The summed E-state index contributed by atoms with van der Waals surface area (Å²) >= 11 is 0. The van der Waals surface area contributed by atoms with E-state index in [1.165, 1.54) is 11.1 Å². The van der Waals surface area contributed by atoms with Crippen LogP contribution in [0.4, 0.5) is 0 Å². The van der Waals surface area contributed by atoms with E-state index >= 15 is 0 Å². The Balaban J connectivity index is 2.30. The van der Waals surface area contributed by atoms with Gasteiger partial charge in [-0.15, -0.1) is 0 Å². The van der Waals surface area contributed by atoms with Gasteiger partial charge in [-0.3, -0.25) is 0 Å². The Morgan fingerprint density at radius 3 is 2.65 bits per heavy atom. The lowest BCUT2D eigenvalue weighted by molar-refractivity contribution is 0.175. The first kappa shape index (κ1) is 12.4. The third-order valence-corrected chi connectivity index (χ3v) is 4.23. The lowest BCUT2D eigenvalue weighted by atomic mass is 9.79. The van der Waals surface area contributed by atoms with Crippen LogP contribution in [-0.2, 0) is 6.42 Å². The predicted molar refractivity (Wildman–Crippen MR) is 71.6 cm³/mol. The fourth-order valence-electron chi connectivity index (χ4n) is 3.23. The summed E-state index contributed by atoms with van der Waals surface area (Å²) in [5, 5.41) is 9.90. The molecule has 0 fully saturated rings. The van der Waals surface area contributed by atoms with Crippen molar-refractivity contribution in [3.05, 3.63) is 29.3 Å². The molecule has 2 atom stereocenters. The second kappa shape index (κ2) is 5.09. The van der Waals surface area contributed by atoms with Crippen LogP contribution >= 0.6 is 0 Å². The predicted octanol–water partition coefficient (Wildman–Crippen LogP) is 3.15. The Bertz CT molecular complexity index is 385. The lowest BCUT2D eigenvalue weighted by Gasteiger charge is -2.38. The zero-order valence-electron chi connectivity index (χ0n) is 11.1. The number of rotatable bonds is 3. The second-order valence-corrected chi connectivity index (χ2v) is 4.96. The fraction of sp³-hybridized carbons (Fsp3) is 0.600. The van der Waals surface area contributed by atoms with Gasteiger partial charge in [0, 0.05) is 6.04 Å². The van der Waals surface area contributed by atoms with Crippen molar-refractivity contribution in [2.24, 2.45) is 0 Å². The Morgan fingerprint density at radius 1 is 1.29 bits per heavy atom. The van der Waals surface area contributed by atoms with Crippen LogP contribution in [-0.4, -0.2) is 29.1 Å². The summed E-state index contributed by atoms with van der Waals surface area (Å²) in [7, 11) is 0. The third-order valence-electron chi connectivity index (χ3n) is 4.23. The van der Waals surface area contributed by atoms with Crippen LogP contribution in [0.25, 0.3) is 0 Å². The van der Waals surface area contributed by atoms with E-state index in [4.69, 9.17) is 0 Å². The van der Waals surface area contributed by atoms with E-state index in [2.05, 4.69) is 31.7 Å². The lowest BCUT2D eigenvalue weighted by Crippen LogP contribution is -2.41. The average molecular weight is 233 g/mol. The van der Waals surface area contributed by atoms with E-state index in [0.717, 1.165) is 25.9 Å². The van der Waals surface area contributed by atoms with E-state index < -0.39 is 0 Å². The minimum absolute atomic E-state index is 0.479. The van der Waals surface area contributed by atoms with E-state index in [0.29, 0.717) is 17.7 Å². The molecule has 1 N–H and O–H groups in total. The second-order valence-electron chi connectivity index (χ2n) is 4.96. The summed E-state index contributed by atoms with van der Waals surface area (Å²) in [5.74, 6) is 0.998. The van der Waals surface area contributed by atoms with Gasteiger partial charge in [0.15, 0.2) is 0 Å². The Kier molecular flexibility index (Phi) is 3.72. The monoisotopic (exact) mass is 233 g/mol. The first-order valence-corrected chi connectivity index (χ1v) is 6.73. The molecule has 0 saturated carbocycles. The molecule has 0 radical (unpaired) electrons. The molecule has 0 aromatic heterocycles. The number of hydrogen-bond donors (Lipinski definition) is 1. The number of fused-ring (bicyclic) bond motifs is 1. The van der Waals surface area contributed by atoms with Crippen LogP contribution in [0, 0.1) is 0 Å². The topological polar surface area (TPSA) is 23.5 Å². The van der Waals surface area contributed by atoms with Crippen LogP contribution in [0.2, 0.25) is 0 Å². The molecule has 1 aliphatic carbocycles. The quantitative estimate of drug-likeness (QED) is 0.867. The van der Waals surface area contributed by atoms with E-state index in [9.17, 15) is 5.11 Å². The van der Waals surface area contributed by atoms with E-state index in [-0.39, 0.29) is 0 Å². The molecule has 2 nitrogen and oxygen atoms in total. The molecule has 2 heteroatoms. The Labute approximate surface area is 104 Å². The maximum atomic E-state index is 9.90. The number of phenolic OH excluding ortho intramolecular Hbond substituents is 1. The van der Waals surface area contributed by atoms with Gasteiger partial charge in [0.25, 0.3) is 0 Å². The van der Waals surface area contributed by atoms with Crippen molar-refractivity contribution in [1.29, 1.82) is 0 Å². The molecule has 1 aromatic rings. The Morgan fingerprint density at radius 2 is 2.00 bits per heavy atom. The van der Waals surface area contributed by atoms with Crippen molar-refractivity contribution in [2.45, 2.75) is 45.6 Å². The van der Waals surface area contributed by atoms with Crippen molar-refractivity contribution >= 4 is 0 Å². The summed E-state index contributed by atoms with van der Waals surface area (Å²) in [4.78, 5) is 2.54. The molecule has 94 valence electrons. The van der Waals surface area contributed by atoms with Gasteiger partial charge in [0.05, 0.1) is 0 Å². The first-order valence-electron chi connectivity index (χ1n) is 6.73. The van der Waals surface area contributed by atoms with Gasteiger partial charge in [-0.25, -0.2) is 0 Å². The highest BCUT2D eigenvalue weighted by molar-refractivity contribution is 5.43. The van der Waals surface area contributed by atoms with Gasteiger partial charge in [-0.1, -0.05) is 32.9 Å². The number of likely N-dealkylation sites (N-methyl/N-ethyl adjacent to an activating group) is 1. The average Bonchev–Trinajstić information content (AvgIpc) is 2.34. The molecule has 2 rings (SSSR count). The molecular formula is C15H23NO. The Hall–Kier alpha value is -1.02. The molecule has 0 heterocycles. The first-order chi connectivity index (χ1) is 8.19. The molecule has 17 heavy (non-hydrogen) atoms. The standard InChI is InChI=1S/C15H23NO/c1-4-16(5-2)14-10-9-13-12(11(14)3)7-6-8-15(13)17/h6-8,11,14,17H,4-5,9-10H2,1-3H3/t11-,14+/m1/s1. The summed E-state index contributed by atoms with van der Waals surface area (Å²) < 4.78 is 0. The van der Waals surface area contributed by atoms with Gasteiger partial charge in [0.2, 0.25) is 0 Å². The van der Waals surface area contributed by atoms with Crippen molar-refractivity contribution in [3.63, 3.8) is 0 Å². The maximum Gasteiger partial charge on any atom is 0.119 e. The SMILES string of the molecule is CCN(CC)[C@H]1CCc2c(O)cccc2[C@H]1C. The van der Waals surface area contributed by atoms with Gasteiger partial charge in [0.1, 0.15) is 5.75 Å². The highest BCUT2D eigenvalue weighted by Gasteiger charge is 2.30. The van der Waals surface area contributed by atoms with Crippen molar-refractivity contribution in [3.8, 4) is 5.75 Å². The number of hydrogen-bond acceptors (Lipinski definition) is 2. The zero-order chi connectivity index (χ0) is 12.4. The number of nitrogens with zero attached hydrogens (tertiary/aromatic N) is 1. The van der Waals surface area contributed by atoms with E-state index in [1.54, 1.807) is 0 Å². The van der Waals surface area contributed by atoms with Crippen LogP contribution in [0.5, 0.6) is 5.75 Å². The normalized spacial score (nSPS) is 23.8.